The first-order valence-electron chi connectivity index (χ1n) is 9.50. The van der Waals surface area contributed by atoms with Crippen molar-refractivity contribution in [3.05, 3.63) is 23.3 Å². The molecule has 1 heterocycles. The fourth-order valence-corrected chi connectivity index (χ4v) is 3.20. The summed E-state index contributed by atoms with van der Waals surface area (Å²) in [7, 11) is 3.33. The minimum absolute atomic E-state index is 0.141. The van der Waals surface area contributed by atoms with E-state index in [0.717, 1.165) is 63.6 Å². The number of aryl methyl sites for hydroxylation is 1. The Balaban J connectivity index is 1.82. The molecule has 6 nitrogen and oxygen atoms in total. The standard InChI is InChI=1S/C20H33N3O3/c1-5-6-7-21-20(24)15-23-10-8-22(9-11-23)14-17-13-19(26-4)18(25-3)12-16(17)2/h12-13H,5-11,14-15H2,1-4H3,(H,21,24). The topological polar surface area (TPSA) is 54.0 Å². The van der Waals surface area contributed by atoms with Crippen LogP contribution in [-0.4, -0.2) is 69.2 Å². The molecule has 0 aliphatic carbocycles. The summed E-state index contributed by atoms with van der Waals surface area (Å²) < 4.78 is 10.8. The van der Waals surface area contributed by atoms with Gasteiger partial charge in [-0.2, -0.15) is 0 Å². The van der Waals surface area contributed by atoms with Crippen molar-refractivity contribution in [1.82, 2.24) is 15.1 Å². The zero-order valence-corrected chi connectivity index (χ0v) is 16.6. The van der Waals surface area contributed by atoms with Crippen LogP contribution in [0.3, 0.4) is 0 Å². The molecule has 1 aromatic carbocycles. The number of ether oxygens (including phenoxy) is 2. The molecule has 0 saturated carbocycles. The van der Waals surface area contributed by atoms with Gasteiger partial charge in [0.1, 0.15) is 0 Å². The Hall–Kier alpha value is -1.79. The fourth-order valence-electron chi connectivity index (χ4n) is 3.20. The molecular weight excluding hydrogens is 330 g/mol. The second-order valence-electron chi connectivity index (χ2n) is 6.89. The van der Waals surface area contributed by atoms with E-state index in [-0.39, 0.29) is 5.91 Å². The molecule has 2 rings (SSSR count). The van der Waals surface area contributed by atoms with E-state index in [1.807, 2.05) is 6.07 Å². The van der Waals surface area contributed by atoms with E-state index in [1.54, 1.807) is 14.2 Å². The van der Waals surface area contributed by atoms with Crippen molar-refractivity contribution in [3.8, 4) is 11.5 Å². The zero-order chi connectivity index (χ0) is 18.9. The Morgan fingerprint density at radius 3 is 2.31 bits per heavy atom. The first-order chi connectivity index (χ1) is 12.6. The second kappa shape index (κ2) is 10.4. The van der Waals surface area contributed by atoms with Gasteiger partial charge in [0.25, 0.3) is 0 Å². The Bertz CT molecular complexity index is 584. The molecule has 1 aliphatic heterocycles. The van der Waals surface area contributed by atoms with Crippen LogP contribution in [0.15, 0.2) is 12.1 Å². The van der Waals surface area contributed by atoms with Crippen molar-refractivity contribution in [2.24, 2.45) is 0 Å². The molecule has 1 fully saturated rings. The first-order valence-corrected chi connectivity index (χ1v) is 9.50. The Morgan fingerprint density at radius 1 is 1.08 bits per heavy atom. The van der Waals surface area contributed by atoms with E-state index < -0.39 is 0 Å². The number of carbonyl (C=O) groups excluding carboxylic acids is 1. The Labute approximate surface area is 157 Å². The molecule has 0 radical (unpaired) electrons. The van der Waals surface area contributed by atoms with Crippen molar-refractivity contribution in [1.29, 1.82) is 0 Å². The monoisotopic (exact) mass is 363 g/mol. The van der Waals surface area contributed by atoms with Gasteiger partial charge in [-0.25, -0.2) is 0 Å². The summed E-state index contributed by atoms with van der Waals surface area (Å²) >= 11 is 0. The third-order valence-electron chi connectivity index (χ3n) is 4.92. The van der Waals surface area contributed by atoms with Gasteiger partial charge in [-0.15, -0.1) is 0 Å². The van der Waals surface area contributed by atoms with E-state index >= 15 is 0 Å². The van der Waals surface area contributed by atoms with Crippen molar-refractivity contribution in [2.75, 3.05) is 53.5 Å². The predicted octanol–water partition coefficient (Wildman–Crippen LogP) is 2.05. The molecule has 1 amide bonds. The largest absolute Gasteiger partial charge is 0.493 e. The number of piperazine rings is 1. The van der Waals surface area contributed by atoms with Crippen LogP contribution in [0.4, 0.5) is 0 Å². The molecule has 1 N–H and O–H groups in total. The molecule has 146 valence electrons. The molecule has 0 spiro atoms. The number of hydrogen-bond donors (Lipinski definition) is 1. The summed E-state index contributed by atoms with van der Waals surface area (Å²) in [6.45, 7) is 10.2. The maximum absolute atomic E-state index is 11.9. The number of carbonyl (C=O) groups is 1. The average molecular weight is 364 g/mol. The van der Waals surface area contributed by atoms with Crippen LogP contribution in [0, 0.1) is 6.92 Å². The van der Waals surface area contributed by atoms with Gasteiger partial charge in [0.15, 0.2) is 11.5 Å². The van der Waals surface area contributed by atoms with E-state index in [1.165, 1.54) is 11.1 Å². The van der Waals surface area contributed by atoms with Crippen molar-refractivity contribution in [2.45, 2.75) is 33.2 Å². The van der Waals surface area contributed by atoms with E-state index in [2.05, 4.69) is 35.0 Å². The molecule has 1 saturated heterocycles. The van der Waals surface area contributed by atoms with Gasteiger partial charge >= 0.3 is 0 Å². The summed E-state index contributed by atoms with van der Waals surface area (Å²) in [5, 5.41) is 2.99. The van der Waals surface area contributed by atoms with Crippen molar-refractivity contribution >= 4 is 5.91 Å². The molecule has 6 heteroatoms. The fraction of sp³-hybridized carbons (Fsp3) is 0.650. The van der Waals surface area contributed by atoms with Crippen LogP contribution in [0.5, 0.6) is 11.5 Å². The van der Waals surface area contributed by atoms with E-state index in [0.29, 0.717) is 6.54 Å². The Morgan fingerprint density at radius 2 is 1.69 bits per heavy atom. The second-order valence-corrected chi connectivity index (χ2v) is 6.89. The number of benzene rings is 1. The van der Waals surface area contributed by atoms with Crippen LogP contribution in [0.2, 0.25) is 0 Å². The average Bonchev–Trinajstić information content (AvgIpc) is 2.64. The van der Waals surface area contributed by atoms with Gasteiger partial charge in [0.2, 0.25) is 5.91 Å². The molecule has 0 atom stereocenters. The van der Waals surface area contributed by atoms with Crippen LogP contribution in [0.25, 0.3) is 0 Å². The maximum Gasteiger partial charge on any atom is 0.234 e. The van der Waals surface area contributed by atoms with Gasteiger partial charge in [0.05, 0.1) is 20.8 Å². The van der Waals surface area contributed by atoms with Gasteiger partial charge < -0.3 is 14.8 Å². The first kappa shape index (κ1) is 20.5. The number of unbranched alkanes of at least 4 members (excludes halogenated alkanes) is 1. The molecule has 1 aromatic rings. The van der Waals surface area contributed by atoms with Crippen LogP contribution < -0.4 is 14.8 Å². The van der Waals surface area contributed by atoms with Crippen molar-refractivity contribution < 1.29 is 14.3 Å². The van der Waals surface area contributed by atoms with Gasteiger partial charge in [-0.05, 0) is 36.6 Å². The lowest BCUT2D eigenvalue weighted by Crippen LogP contribution is -2.49. The van der Waals surface area contributed by atoms with Crippen LogP contribution >= 0.6 is 0 Å². The number of amides is 1. The number of methoxy groups -OCH3 is 2. The maximum atomic E-state index is 11.9. The quantitative estimate of drug-likeness (QED) is 0.681. The lowest BCUT2D eigenvalue weighted by molar-refractivity contribution is -0.122. The highest BCUT2D eigenvalue weighted by Gasteiger charge is 2.20. The highest BCUT2D eigenvalue weighted by molar-refractivity contribution is 5.77. The molecule has 0 bridgehead atoms. The van der Waals surface area contributed by atoms with Gasteiger partial charge in [0, 0.05) is 39.3 Å². The summed E-state index contributed by atoms with van der Waals surface area (Å²) in [5.41, 5.74) is 2.47. The summed E-state index contributed by atoms with van der Waals surface area (Å²) in [5.74, 6) is 1.69. The summed E-state index contributed by atoms with van der Waals surface area (Å²) in [6.07, 6.45) is 2.15. The zero-order valence-electron chi connectivity index (χ0n) is 16.6. The number of nitrogens with zero attached hydrogens (tertiary/aromatic N) is 2. The molecule has 0 unspecified atom stereocenters. The highest BCUT2D eigenvalue weighted by Crippen LogP contribution is 2.30. The van der Waals surface area contributed by atoms with Crippen LogP contribution in [-0.2, 0) is 11.3 Å². The molecule has 26 heavy (non-hydrogen) atoms. The normalized spacial score (nSPS) is 15.7. The minimum atomic E-state index is 0.141. The highest BCUT2D eigenvalue weighted by atomic mass is 16.5. The lowest BCUT2D eigenvalue weighted by atomic mass is 10.1. The summed E-state index contributed by atoms with van der Waals surface area (Å²) in [6, 6.07) is 4.10. The number of nitrogens with one attached hydrogen (secondary N) is 1. The van der Waals surface area contributed by atoms with Gasteiger partial charge in [-0.1, -0.05) is 13.3 Å². The van der Waals surface area contributed by atoms with E-state index in [9.17, 15) is 4.79 Å². The Kier molecular flexibility index (Phi) is 8.19. The molecular formula is C20H33N3O3. The summed E-state index contributed by atoms with van der Waals surface area (Å²) in [4.78, 5) is 16.6. The number of rotatable bonds is 9. The van der Waals surface area contributed by atoms with E-state index in [4.69, 9.17) is 9.47 Å². The predicted molar refractivity (Wildman–Crippen MR) is 104 cm³/mol. The number of hydrogen-bond acceptors (Lipinski definition) is 5. The van der Waals surface area contributed by atoms with Crippen molar-refractivity contribution in [3.63, 3.8) is 0 Å². The molecule has 1 aliphatic rings. The lowest BCUT2D eigenvalue weighted by Gasteiger charge is -2.34. The third kappa shape index (κ3) is 5.88. The third-order valence-corrected chi connectivity index (χ3v) is 4.92. The van der Waals surface area contributed by atoms with Gasteiger partial charge in [-0.3, -0.25) is 14.6 Å². The van der Waals surface area contributed by atoms with Crippen LogP contribution in [0.1, 0.15) is 30.9 Å². The minimum Gasteiger partial charge on any atom is -0.493 e. The smallest absolute Gasteiger partial charge is 0.234 e. The molecule has 0 aromatic heterocycles. The SMILES string of the molecule is CCCCNC(=O)CN1CCN(Cc2cc(OC)c(OC)cc2C)CC1.